The second kappa shape index (κ2) is 6.53. The van der Waals surface area contributed by atoms with Crippen molar-refractivity contribution < 1.29 is 18.5 Å². The lowest BCUT2D eigenvalue weighted by molar-refractivity contribution is -0.154. The Morgan fingerprint density at radius 2 is 2.07 bits per heavy atom. The van der Waals surface area contributed by atoms with Crippen molar-refractivity contribution in [1.29, 1.82) is 0 Å². The van der Waals surface area contributed by atoms with Gasteiger partial charge in [-0.15, -0.1) is 0 Å². The van der Waals surface area contributed by atoms with Crippen LogP contribution in [0, 0.1) is 0 Å². The van der Waals surface area contributed by atoms with Crippen molar-refractivity contribution in [2.75, 3.05) is 18.6 Å². The number of nitrogens with one attached hydrogen (secondary N) is 1. The molecule has 2 unspecified atom stereocenters. The topological polar surface area (TPSA) is 72.5 Å². The van der Waals surface area contributed by atoms with E-state index < -0.39 is 22.7 Å². The lowest BCUT2D eigenvalue weighted by atomic mass is 10.4. The van der Waals surface area contributed by atoms with Gasteiger partial charge in [0.25, 0.3) is 0 Å². The Bertz CT molecular complexity index is 241. The molecule has 0 heterocycles. The first-order chi connectivity index (χ1) is 6.47. The molecule has 82 valence electrons. The molecule has 0 spiro atoms. The van der Waals surface area contributed by atoms with Crippen LogP contribution in [0.3, 0.4) is 0 Å². The molecule has 0 aliphatic carbocycles. The predicted octanol–water partition coefficient (Wildman–Crippen LogP) is -0.567. The Hall–Kier alpha value is -0.910. The lowest BCUT2D eigenvalue weighted by Gasteiger charge is -2.10. The third-order valence-electron chi connectivity index (χ3n) is 1.32. The Labute approximate surface area is 85.7 Å². The van der Waals surface area contributed by atoms with Crippen LogP contribution in [0.25, 0.3) is 0 Å². The van der Waals surface area contributed by atoms with Crippen LogP contribution >= 0.6 is 0 Å². The molecule has 0 bridgehead atoms. The van der Waals surface area contributed by atoms with E-state index in [0.717, 1.165) is 0 Å². The van der Waals surface area contributed by atoms with Crippen LogP contribution < -0.4 is 5.32 Å². The zero-order chi connectivity index (χ0) is 11.1. The summed E-state index contributed by atoms with van der Waals surface area (Å²) < 4.78 is 15.3. The highest BCUT2D eigenvalue weighted by Crippen LogP contribution is 1.87. The Morgan fingerprint density at radius 1 is 1.50 bits per heavy atom. The molecule has 0 aliphatic heterocycles. The number of carbonyl (C=O) groups excluding carboxylic acids is 2. The van der Waals surface area contributed by atoms with E-state index in [1.54, 1.807) is 13.8 Å². The molecular weight excluding hydrogens is 206 g/mol. The molecular formula is C8H15NO4S. The number of carbonyl (C=O) groups is 2. The maximum atomic E-state index is 11.0. The second-order valence-electron chi connectivity index (χ2n) is 2.83. The van der Waals surface area contributed by atoms with Gasteiger partial charge in [0.2, 0.25) is 0 Å². The third-order valence-corrected chi connectivity index (χ3v) is 2.29. The van der Waals surface area contributed by atoms with E-state index in [-0.39, 0.29) is 12.6 Å². The van der Waals surface area contributed by atoms with E-state index in [2.05, 4.69) is 10.1 Å². The smallest absolute Gasteiger partial charge is 0.396 e. The summed E-state index contributed by atoms with van der Waals surface area (Å²) in [5, 5.41) is 2.39. The molecule has 5 nitrogen and oxygen atoms in total. The highest BCUT2D eigenvalue weighted by molar-refractivity contribution is 7.84. The van der Waals surface area contributed by atoms with Gasteiger partial charge in [0.05, 0.1) is 6.61 Å². The second-order valence-corrected chi connectivity index (χ2v) is 4.31. The molecule has 0 saturated carbocycles. The van der Waals surface area contributed by atoms with Gasteiger partial charge in [-0.25, -0.2) is 4.79 Å². The van der Waals surface area contributed by atoms with Crippen molar-refractivity contribution in [2.24, 2.45) is 0 Å². The predicted molar refractivity (Wildman–Crippen MR) is 53.2 cm³/mol. The molecule has 6 heteroatoms. The molecule has 0 aromatic carbocycles. The summed E-state index contributed by atoms with van der Waals surface area (Å²) in [4.78, 5) is 21.9. The SMILES string of the molecule is CCOC(=O)C(=O)NC(C)CS(C)=O. The average Bonchev–Trinajstić information content (AvgIpc) is 2.02. The molecule has 0 fully saturated rings. The summed E-state index contributed by atoms with van der Waals surface area (Å²) in [5.41, 5.74) is 0. The molecule has 0 rings (SSSR count). The fourth-order valence-corrected chi connectivity index (χ4v) is 1.66. The van der Waals surface area contributed by atoms with Crippen LogP contribution in [-0.4, -0.2) is 40.7 Å². The van der Waals surface area contributed by atoms with Gasteiger partial charge >= 0.3 is 11.9 Å². The molecule has 0 aliphatic rings. The number of esters is 1. The van der Waals surface area contributed by atoms with Crippen LogP contribution in [0.2, 0.25) is 0 Å². The van der Waals surface area contributed by atoms with Crippen molar-refractivity contribution in [1.82, 2.24) is 5.32 Å². The Kier molecular flexibility index (Phi) is 6.11. The van der Waals surface area contributed by atoms with Crippen LogP contribution in [0.15, 0.2) is 0 Å². The van der Waals surface area contributed by atoms with Gasteiger partial charge in [0.1, 0.15) is 0 Å². The minimum absolute atomic E-state index is 0.167. The average molecular weight is 221 g/mol. The van der Waals surface area contributed by atoms with Crippen molar-refractivity contribution in [3.05, 3.63) is 0 Å². The zero-order valence-corrected chi connectivity index (χ0v) is 9.35. The largest absolute Gasteiger partial charge is 0.459 e. The lowest BCUT2D eigenvalue weighted by Crippen LogP contribution is -2.41. The monoisotopic (exact) mass is 221 g/mol. The maximum Gasteiger partial charge on any atom is 0.396 e. The summed E-state index contributed by atoms with van der Waals surface area (Å²) in [5.74, 6) is -1.36. The molecule has 0 aromatic heterocycles. The first kappa shape index (κ1) is 13.1. The van der Waals surface area contributed by atoms with Crippen LogP contribution in [0.1, 0.15) is 13.8 Å². The number of rotatable bonds is 4. The van der Waals surface area contributed by atoms with Crippen LogP contribution in [-0.2, 0) is 25.1 Å². The Morgan fingerprint density at radius 3 is 2.50 bits per heavy atom. The fraction of sp³-hybridized carbons (Fsp3) is 0.750. The zero-order valence-electron chi connectivity index (χ0n) is 8.53. The van der Waals surface area contributed by atoms with Gasteiger partial charge in [-0.2, -0.15) is 0 Å². The van der Waals surface area contributed by atoms with E-state index in [0.29, 0.717) is 5.75 Å². The minimum atomic E-state index is -0.996. The minimum Gasteiger partial charge on any atom is -0.459 e. The first-order valence-corrected chi connectivity index (χ1v) is 5.97. The van der Waals surface area contributed by atoms with Gasteiger partial charge in [-0.1, -0.05) is 0 Å². The summed E-state index contributed by atoms with van der Waals surface area (Å²) in [6, 6.07) is -0.294. The number of ether oxygens (including phenoxy) is 1. The molecule has 0 aromatic rings. The van der Waals surface area contributed by atoms with Crippen LogP contribution in [0.5, 0.6) is 0 Å². The highest BCUT2D eigenvalue weighted by Gasteiger charge is 2.17. The molecule has 0 radical (unpaired) electrons. The quantitative estimate of drug-likeness (QED) is 0.510. The van der Waals surface area contributed by atoms with E-state index in [1.807, 2.05) is 0 Å². The van der Waals surface area contributed by atoms with Gasteiger partial charge in [0.15, 0.2) is 0 Å². The summed E-state index contributed by atoms with van der Waals surface area (Å²) >= 11 is 0. The van der Waals surface area contributed by atoms with Gasteiger partial charge in [-0.3, -0.25) is 9.00 Å². The van der Waals surface area contributed by atoms with Crippen molar-refractivity contribution in [3.8, 4) is 0 Å². The normalized spacial score (nSPS) is 14.2. The van der Waals surface area contributed by atoms with E-state index in [1.165, 1.54) is 6.26 Å². The molecule has 1 amide bonds. The molecule has 1 N–H and O–H groups in total. The van der Waals surface area contributed by atoms with Gasteiger partial charge in [-0.05, 0) is 13.8 Å². The molecule has 0 saturated heterocycles. The highest BCUT2D eigenvalue weighted by atomic mass is 32.2. The first-order valence-electron chi connectivity index (χ1n) is 4.25. The van der Waals surface area contributed by atoms with Crippen LogP contribution in [0.4, 0.5) is 0 Å². The molecule has 14 heavy (non-hydrogen) atoms. The maximum absolute atomic E-state index is 11.0. The third kappa shape index (κ3) is 5.69. The van der Waals surface area contributed by atoms with Gasteiger partial charge in [0, 0.05) is 28.9 Å². The molecule has 2 atom stereocenters. The van der Waals surface area contributed by atoms with E-state index in [9.17, 15) is 13.8 Å². The Balaban J connectivity index is 3.93. The van der Waals surface area contributed by atoms with Gasteiger partial charge < -0.3 is 10.1 Å². The standard InChI is InChI=1S/C8H15NO4S/c1-4-13-8(11)7(10)9-6(2)5-14(3)12/h6H,4-5H2,1-3H3,(H,9,10). The summed E-state index contributed by atoms with van der Waals surface area (Å²) in [6.07, 6.45) is 1.53. The number of amides is 1. The summed E-state index contributed by atoms with van der Waals surface area (Å²) in [6.45, 7) is 3.47. The van der Waals surface area contributed by atoms with Crippen molar-refractivity contribution >= 4 is 22.7 Å². The number of hydrogen-bond acceptors (Lipinski definition) is 4. The van der Waals surface area contributed by atoms with Crippen molar-refractivity contribution in [3.63, 3.8) is 0 Å². The van der Waals surface area contributed by atoms with Crippen molar-refractivity contribution in [2.45, 2.75) is 19.9 Å². The van der Waals surface area contributed by atoms with E-state index in [4.69, 9.17) is 0 Å². The summed E-state index contributed by atoms with van der Waals surface area (Å²) in [7, 11) is -0.996. The fourth-order valence-electron chi connectivity index (χ4n) is 0.873. The van der Waals surface area contributed by atoms with E-state index >= 15 is 0 Å². The number of hydrogen-bond donors (Lipinski definition) is 1.